The van der Waals surface area contributed by atoms with E-state index in [1.54, 1.807) is 11.6 Å². The van der Waals surface area contributed by atoms with Crippen LogP contribution in [0.15, 0.2) is 0 Å². The minimum Gasteiger partial charge on any atom is -0.396 e. The summed E-state index contributed by atoms with van der Waals surface area (Å²) in [5.41, 5.74) is 7.85. The number of amides is 1. The van der Waals surface area contributed by atoms with Gasteiger partial charge in [-0.25, -0.2) is 0 Å². The van der Waals surface area contributed by atoms with Gasteiger partial charge < -0.3 is 16.2 Å². The maximum Gasteiger partial charge on any atom is 0.241 e. The Balaban J connectivity index is 2.64. The third-order valence-electron chi connectivity index (χ3n) is 2.16. The first-order valence-electron chi connectivity index (χ1n) is 4.73. The Morgan fingerprint density at radius 2 is 2.27 bits per heavy atom. The van der Waals surface area contributed by atoms with E-state index in [9.17, 15) is 4.79 Å². The quantitative estimate of drug-likeness (QED) is 0.608. The van der Waals surface area contributed by atoms with Gasteiger partial charge in [0.05, 0.1) is 23.7 Å². The molecule has 1 rings (SSSR count). The van der Waals surface area contributed by atoms with Crippen molar-refractivity contribution in [2.24, 2.45) is 0 Å². The van der Waals surface area contributed by atoms with Gasteiger partial charge in [-0.15, -0.1) is 0 Å². The second kappa shape index (κ2) is 4.79. The summed E-state index contributed by atoms with van der Waals surface area (Å²) in [7, 11) is 0. The van der Waals surface area contributed by atoms with E-state index >= 15 is 0 Å². The Hall–Kier alpha value is -1.56. The highest BCUT2D eigenvalue weighted by molar-refractivity contribution is 5.75. The fourth-order valence-corrected chi connectivity index (χ4v) is 1.25. The smallest absolute Gasteiger partial charge is 0.241 e. The Morgan fingerprint density at radius 3 is 2.73 bits per heavy atom. The molecule has 1 heterocycles. The van der Waals surface area contributed by atoms with Crippen LogP contribution in [-0.4, -0.2) is 33.9 Å². The van der Waals surface area contributed by atoms with E-state index in [1.165, 1.54) is 0 Å². The maximum absolute atomic E-state index is 11.3. The second-order valence-electron chi connectivity index (χ2n) is 3.32. The van der Waals surface area contributed by atoms with Crippen LogP contribution in [0.2, 0.25) is 0 Å². The van der Waals surface area contributed by atoms with E-state index in [0.29, 0.717) is 5.69 Å². The van der Waals surface area contributed by atoms with Gasteiger partial charge in [-0.1, -0.05) is 0 Å². The number of nitrogen functional groups attached to an aromatic ring is 1. The second-order valence-corrected chi connectivity index (χ2v) is 3.32. The first-order chi connectivity index (χ1) is 7.06. The van der Waals surface area contributed by atoms with Gasteiger partial charge in [0, 0.05) is 6.54 Å². The number of carbonyl (C=O) groups is 1. The summed E-state index contributed by atoms with van der Waals surface area (Å²) in [4.78, 5) is 11.3. The molecule has 0 radical (unpaired) electrons. The molecule has 84 valence electrons. The molecule has 6 heteroatoms. The monoisotopic (exact) mass is 212 g/mol. The summed E-state index contributed by atoms with van der Waals surface area (Å²) in [6.45, 7) is 3.93. The number of aliphatic hydroxyl groups is 1. The lowest BCUT2D eigenvalue weighted by atomic mass is 10.3. The Labute approximate surface area is 88.1 Å². The molecule has 0 spiro atoms. The van der Waals surface area contributed by atoms with Crippen LogP contribution < -0.4 is 11.1 Å². The van der Waals surface area contributed by atoms with E-state index in [-0.39, 0.29) is 25.6 Å². The van der Waals surface area contributed by atoms with Gasteiger partial charge in [0.1, 0.15) is 6.54 Å². The van der Waals surface area contributed by atoms with Gasteiger partial charge >= 0.3 is 0 Å². The number of hydrogen-bond donors (Lipinski definition) is 3. The van der Waals surface area contributed by atoms with Gasteiger partial charge in [0.2, 0.25) is 5.91 Å². The van der Waals surface area contributed by atoms with Crippen LogP contribution in [0.1, 0.15) is 11.4 Å². The average molecular weight is 212 g/mol. The summed E-state index contributed by atoms with van der Waals surface area (Å²) < 4.78 is 1.55. The summed E-state index contributed by atoms with van der Waals surface area (Å²) in [5.74, 6) is -0.186. The highest BCUT2D eigenvalue weighted by Gasteiger charge is 2.10. The van der Waals surface area contributed by atoms with Crippen LogP contribution >= 0.6 is 0 Å². The van der Waals surface area contributed by atoms with Crippen LogP contribution in [0.4, 0.5) is 5.69 Å². The molecule has 0 unspecified atom stereocenters. The molecule has 15 heavy (non-hydrogen) atoms. The van der Waals surface area contributed by atoms with Crippen molar-refractivity contribution in [1.29, 1.82) is 0 Å². The Bertz CT molecular complexity index is 359. The minimum atomic E-state index is -0.186. The molecule has 1 aromatic rings. The lowest BCUT2D eigenvalue weighted by Crippen LogP contribution is -2.30. The number of nitrogens with zero attached hydrogens (tertiary/aromatic N) is 2. The van der Waals surface area contributed by atoms with Crippen LogP contribution in [-0.2, 0) is 11.3 Å². The molecule has 0 fully saturated rings. The first kappa shape index (κ1) is 11.5. The van der Waals surface area contributed by atoms with Crippen molar-refractivity contribution in [1.82, 2.24) is 15.1 Å². The predicted octanol–water partition coefficient (Wildman–Crippen LogP) is -0.809. The van der Waals surface area contributed by atoms with Crippen molar-refractivity contribution in [2.75, 3.05) is 18.9 Å². The Kier molecular flexibility index (Phi) is 3.68. The fraction of sp³-hybridized carbons (Fsp3) is 0.556. The lowest BCUT2D eigenvalue weighted by Gasteiger charge is -2.05. The van der Waals surface area contributed by atoms with Crippen LogP contribution in [0.3, 0.4) is 0 Å². The zero-order valence-corrected chi connectivity index (χ0v) is 8.95. The van der Waals surface area contributed by atoms with E-state index in [0.717, 1.165) is 11.4 Å². The number of rotatable bonds is 4. The van der Waals surface area contributed by atoms with Gasteiger partial charge in [-0.05, 0) is 13.8 Å². The summed E-state index contributed by atoms with van der Waals surface area (Å²) in [6.07, 6.45) is 0. The molecule has 0 aliphatic heterocycles. The Morgan fingerprint density at radius 1 is 1.60 bits per heavy atom. The van der Waals surface area contributed by atoms with Gasteiger partial charge in [0.15, 0.2) is 0 Å². The summed E-state index contributed by atoms with van der Waals surface area (Å²) in [6, 6.07) is 0. The molecule has 0 saturated carbocycles. The van der Waals surface area contributed by atoms with Crippen LogP contribution in [0.5, 0.6) is 0 Å². The molecular formula is C9H16N4O2. The van der Waals surface area contributed by atoms with Crippen molar-refractivity contribution in [3.05, 3.63) is 11.4 Å². The molecule has 0 bridgehead atoms. The molecule has 0 atom stereocenters. The average Bonchev–Trinajstić information content (AvgIpc) is 2.43. The third kappa shape index (κ3) is 2.69. The van der Waals surface area contributed by atoms with Crippen molar-refractivity contribution in [3.63, 3.8) is 0 Å². The van der Waals surface area contributed by atoms with Crippen molar-refractivity contribution in [2.45, 2.75) is 20.4 Å². The van der Waals surface area contributed by atoms with Crippen molar-refractivity contribution >= 4 is 11.6 Å². The summed E-state index contributed by atoms with van der Waals surface area (Å²) >= 11 is 0. The molecule has 0 aliphatic rings. The molecule has 6 nitrogen and oxygen atoms in total. The number of aliphatic hydroxyl groups excluding tert-OH is 1. The predicted molar refractivity (Wildman–Crippen MR) is 56.2 cm³/mol. The minimum absolute atomic E-state index is 0.0645. The summed E-state index contributed by atoms with van der Waals surface area (Å²) in [5, 5.41) is 15.2. The topological polar surface area (TPSA) is 93.2 Å². The first-order valence-corrected chi connectivity index (χ1v) is 4.73. The molecule has 0 saturated heterocycles. The van der Waals surface area contributed by atoms with E-state index in [4.69, 9.17) is 10.8 Å². The number of nitrogens with two attached hydrogens (primary N) is 1. The number of aryl methyl sites for hydroxylation is 1. The lowest BCUT2D eigenvalue weighted by molar-refractivity contribution is -0.122. The fourth-order valence-electron chi connectivity index (χ4n) is 1.25. The van der Waals surface area contributed by atoms with Crippen LogP contribution in [0, 0.1) is 13.8 Å². The van der Waals surface area contributed by atoms with Gasteiger partial charge in [-0.3, -0.25) is 9.48 Å². The molecule has 0 aromatic carbocycles. The highest BCUT2D eigenvalue weighted by Crippen LogP contribution is 2.14. The standard InChI is InChI=1S/C9H16N4O2/c1-6-9(10)7(2)13(12-6)5-8(15)11-3-4-14/h14H,3-5,10H2,1-2H3,(H,11,15). The SMILES string of the molecule is Cc1nn(CC(=O)NCCO)c(C)c1N. The molecule has 0 aliphatic carbocycles. The number of aromatic nitrogens is 2. The molecule has 1 amide bonds. The normalized spacial score (nSPS) is 10.3. The van der Waals surface area contributed by atoms with Gasteiger partial charge in [0.25, 0.3) is 0 Å². The number of hydrogen-bond acceptors (Lipinski definition) is 4. The van der Waals surface area contributed by atoms with E-state index < -0.39 is 0 Å². The highest BCUT2D eigenvalue weighted by atomic mass is 16.3. The maximum atomic E-state index is 11.3. The van der Waals surface area contributed by atoms with Crippen LogP contribution in [0.25, 0.3) is 0 Å². The largest absolute Gasteiger partial charge is 0.396 e. The van der Waals surface area contributed by atoms with Crippen molar-refractivity contribution < 1.29 is 9.90 Å². The van der Waals surface area contributed by atoms with E-state index in [2.05, 4.69) is 10.4 Å². The number of nitrogens with one attached hydrogen (secondary N) is 1. The number of carbonyl (C=O) groups excluding carboxylic acids is 1. The van der Waals surface area contributed by atoms with Gasteiger partial charge in [-0.2, -0.15) is 5.10 Å². The number of anilines is 1. The molecule has 4 N–H and O–H groups in total. The molecule has 1 aromatic heterocycles. The van der Waals surface area contributed by atoms with Crippen molar-refractivity contribution in [3.8, 4) is 0 Å². The molecular weight excluding hydrogens is 196 g/mol. The van der Waals surface area contributed by atoms with E-state index in [1.807, 2.05) is 6.92 Å². The zero-order valence-electron chi connectivity index (χ0n) is 8.95. The third-order valence-corrected chi connectivity index (χ3v) is 2.16. The zero-order chi connectivity index (χ0) is 11.4.